The molecule has 0 aliphatic heterocycles. The number of carbonyl (C=O) groups is 1. The van der Waals surface area contributed by atoms with E-state index in [1.165, 1.54) is 28.8 Å². The number of rotatable bonds is 12. The van der Waals surface area contributed by atoms with Gasteiger partial charge in [-0.15, -0.1) is 0 Å². The topological polar surface area (TPSA) is 83.5 Å². The van der Waals surface area contributed by atoms with Crippen LogP contribution in [-0.2, 0) is 14.9 Å². The van der Waals surface area contributed by atoms with E-state index in [2.05, 4.69) is 48.5 Å². The summed E-state index contributed by atoms with van der Waals surface area (Å²) in [5.41, 5.74) is -0.236. The fourth-order valence-electron chi connectivity index (χ4n) is 4.93. The van der Waals surface area contributed by atoms with Crippen molar-refractivity contribution >= 4 is 53.1 Å². The summed E-state index contributed by atoms with van der Waals surface area (Å²) >= 11 is 0. The third-order valence-electron chi connectivity index (χ3n) is 6.98. The van der Waals surface area contributed by atoms with Crippen molar-refractivity contribution in [2.24, 2.45) is 0 Å². The van der Waals surface area contributed by atoms with E-state index in [1.54, 1.807) is 0 Å². The van der Waals surface area contributed by atoms with Crippen LogP contribution in [0.4, 0.5) is 0 Å². The normalized spacial score (nSPS) is 12.0. The molecular formula is C35H31NaO5P2S. The first-order chi connectivity index (χ1) is 20.9. The van der Waals surface area contributed by atoms with Crippen LogP contribution in [0.3, 0.4) is 0 Å². The first kappa shape index (κ1) is 34.2. The predicted octanol–water partition coefficient (Wildman–Crippen LogP) is 2.78. The van der Waals surface area contributed by atoms with E-state index >= 15 is 0 Å². The summed E-state index contributed by atoms with van der Waals surface area (Å²) in [5, 5.41) is 4.76. The van der Waals surface area contributed by atoms with Gasteiger partial charge in [-0.1, -0.05) is 133 Å². The molecule has 44 heavy (non-hydrogen) atoms. The molecule has 0 radical (unpaired) electrons. The zero-order chi connectivity index (χ0) is 30.1. The van der Waals surface area contributed by atoms with Gasteiger partial charge in [0.25, 0.3) is 0 Å². The van der Waals surface area contributed by atoms with Crippen LogP contribution in [0.25, 0.3) is 0 Å². The van der Waals surface area contributed by atoms with Crippen molar-refractivity contribution in [1.82, 2.24) is 0 Å². The zero-order valence-corrected chi connectivity index (χ0v) is 29.0. The Morgan fingerprint density at radius 2 is 1.00 bits per heavy atom. The average Bonchev–Trinajstić information content (AvgIpc) is 3.05. The average molecular weight is 649 g/mol. The number of carbonyl (C=O) groups excluding carboxylic acids is 1. The van der Waals surface area contributed by atoms with Gasteiger partial charge >= 0.3 is 35.5 Å². The Balaban J connectivity index is 0.00000442. The SMILES string of the molecule is O=C(O[C@@H](CCP(c1ccccc1)c1ccccc1)CP(c1ccccc1)c1ccccc1)c1ccccc1S(=O)(=O)[O-].[Na+]. The summed E-state index contributed by atoms with van der Waals surface area (Å²) in [7, 11) is -6.52. The third kappa shape index (κ3) is 9.19. The zero-order valence-electron chi connectivity index (χ0n) is 24.4. The van der Waals surface area contributed by atoms with Gasteiger partial charge in [-0.05, 0) is 61.8 Å². The first-order valence-electron chi connectivity index (χ1n) is 13.9. The first-order valence-corrected chi connectivity index (χ1v) is 18.4. The smallest absolute Gasteiger partial charge is 0.744 e. The minimum Gasteiger partial charge on any atom is -0.744 e. The largest absolute Gasteiger partial charge is 1.00 e. The number of hydrogen-bond acceptors (Lipinski definition) is 5. The van der Waals surface area contributed by atoms with Crippen LogP contribution in [-0.4, -0.2) is 37.4 Å². The molecular weight excluding hydrogens is 617 g/mol. The van der Waals surface area contributed by atoms with E-state index < -0.39 is 42.9 Å². The fourth-order valence-corrected chi connectivity index (χ4v) is 10.5. The Morgan fingerprint density at radius 3 is 1.43 bits per heavy atom. The van der Waals surface area contributed by atoms with Crippen molar-refractivity contribution in [3.05, 3.63) is 151 Å². The molecule has 0 saturated heterocycles. The fraction of sp³-hybridized carbons (Fsp3) is 0.114. The second kappa shape index (κ2) is 16.6. The number of hydrogen-bond donors (Lipinski definition) is 0. The summed E-state index contributed by atoms with van der Waals surface area (Å²) in [6.07, 6.45) is 1.34. The molecule has 0 aromatic heterocycles. The van der Waals surface area contributed by atoms with Crippen molar-refractivity contribution in [2.75, 3.05) is 12.3 Å². The summed E-state index contributed by atoms with van der Waals surface area (Å²) in [5.74, 6) is -0.806. The molecule has 0 saturated carbocycles. The van der Waals surface area contributed by atoms with E-state index in [4.69, 9.17) is 4.74 Å². The summed E-state index contributed by atoms with van der Waals surface area (Å²) in [6, 6.07) is 46.5. The third-order valence-corrected chi connectivity index (χ3v) is 13.0. The number of esters is 1. The minimum atomic E-state index is -4.86. The molecule has 5 rings (SSSR count). The van der Waals surface area contributed by atoms with Crippen LogP contribution in [0.5, 0.6) is 0 Å². The Labute approximate surface area is 284 Å². The van der Waals surface area contributed by atoms with E-state index in [1.807, 2.05) is 72.8 Å². The van der Waals surface area contributed by atoms with Crippen LogP contribution >= 0.6 is 15.8 Å². The van der Waals surface area contributed by atoms with Gasteiger partial charge in [0.2, 0.25) is 0 Å². The summed E-state index contributed by atoms with van der Waals surface area (Å²) < 4.78 is 42.0. The van der Waals surface area contributed by atoms with Crippen LogP contribution in [0, 0.1) is 0 Å². The van der Waals surface area contributed by atoms with E-state index in [-0.39, 0.29) is 35.1 Å². The Morgan fingerprint density at radius 1 is 0.614 bits per heavy atom. The second-order valence-corrected chi connectivity index (χ2v) is 15.8. The molecule has 0 N–H and O–H groups in total. The molecule has 0 aliphatic carbocycles. The van der Waals surface area contributed by atoms with Gasteiger partial charge in [0, 0.05) is 6.16 Å². The molecule has 0 spiro atoms. The number of ether oxygens (including phenoxy) is 1. The maximum Gasteiger partial charge on any atom is 1.00 e. The van der Waals surface area contributed by atoms with Crippen molar-refractivity contribution < 1.29 is 52.1 Å². The van der Waals surface area contributed by atoms with E-state index in [9.17, 15) is 17.8 Å². The van der Waals surface area contributed by atoms with Crippen LogP contribution < -0.4 is 50.8 Å². The summed E-state index contributed by atoms with van der Waals surface area (Å²) in [4.78, 5) is 13.0. The molecule has 1 atom stereocenters. The maximum absolute atomic E-state index is 13.5. The van der Waals surface area contributed by atoms with Gasteiger partial charge in [0.1, 0.15) is 16.2 Å². The van der Waals surface area contributed by atoms with E-state index in [0.717, 1.165) is 22.8 Å². The van der Waals surface area contributed by atoms with Crippen molar-refractivity contribution in [3.8, 4) is 0 Å². The molecule has 0 fully saturated rings. The van der Waals surface area contributed by atoms with Crippen LogP contribution in [0.15, 0.2) is 150 Å². The standard InChI is InChI=1S/C35H32O5P2S.Na/c36-35(33-23-13-14-24-34(33)43(37,38)39)40-28(27-42(31-19-9-3-10-20-31)32-21-11-4-12-22-32)25-26-41(29-15-5-1-6-16-29)30-17-7-2-8-18-30;/h1-24,28H,25-27H2,(H,37,38,39);/q;+1/p-1/t28-;/m0./s1. The minimum absolute atomic E-state index is 0. The molecule has 0 amide bonds. The van der Waals surface area contributed by atoms with Crippen LogP contribution in [0.2, 0.25) is 0 Å². The van der Waals surface area contributed by atoms with Crippen molar-refractivity contribution in [1.29, 1.82) is 0 Å². The van der Waals surface area contributed by atoms with E-state index in [0.29, 0.717) is 12.6 Å². The summed E-state index contributed by atoms with van der Waals surface area (Å²) in [6.45, 7) is 0. The molecule has 5 aromatic carbocycles. The molecule has 0 bridgehead atoms. The van der Waals surface area contributed by atoms with Gasteiger partial charge < -0.3 is 9.29 Å². The van der Waals surface area contributed by atoms with Crippen LogP contribution in [0.1, 0.15) is 16.8 Å². The van der Waals surface area contributed by atoms with Gasteiger partial charge in [0.05, 0.1) is 10.5 Å². The van der Waals surface area contributed by atoms with Gasteiger partial charge in [0.15, 0.2) is 0 Å². The second-order valence-electron chi connectivity index (χ2n) is 9.87. The van der Waals surface area contributed by atoms with Gasteiger partial charge in [-0.25, -0.2) is 13.2 Å². The molecule has 218 valence electrons. The predicted molar refractivity (Wildman–Crippen MR) is 176 cm³/mol. The van der Waals surface area contributed by atoms with Crippen molar-refractivity contribution in [2.45, 2.75) is 17.4 Å². The van der Waals surface area contributed by atoms with Gasteiger partial charge in [-0.3, -0.25) is 0 Å². The monoisotopic (exact) mass is 648 g/mol. The number of benzene rings is 5. The molecule has 5 aromatic rings. The van der Waals surface area contributed by atoms with Gasteiger partial charge in [-0.2, -0.15) is 0 Å². The maximum atomic E-state index is 13.5. The molecule has 0 aliphatic rings. The molecule has 0 heterocycles. The Hall–Kier alpha value is -2.66. The molecule has 9 heteroatoms. The quantitative estimate of drug-likeness (QED) is 0.0900. The Bertz CT molecular complexity index is 1650. The Kier molecular flexibility index (Phi) is 12.9. The molecule has 5 nitrogen and oxygen atoms in total. The molecule has 0 unspecified atom stereocenters. The van der Waals surface area contributed by atoms with Crippen molar-refractivity contribution in [3.63, 3.8) is 0 Å².